The normalized spacial score (nSPS) is 14.7. The number of hydrogen-bond acceptors (Lipinski definition) is 2. The average molecular weight is 385 g/mol. The summed E-state index contributed by atoms with van der Waals surface area (Å²) in [6, 6.07) is 8.41. The molecular formula is C15H14ClIN2. The van der Waals surface area contributed by atoms with Gasteiger partial charge in [-0.25, -0.2) is 9.97 Å². The second-order valence-electron chi connectivity index (χ2n) is 4.86. The highest BCUT2D eigenvalue weighted by Crippen LogP contribution is 2.42. The zero-order valence-corrected chi connectivity index (χ0v) is 13.6. The molecule has 3 rings (SSSR count). The van der Waals surface area contributed by atoms with Gasteiger partial charge in [0.25, 0.3) is 0 Å². The minimum Gasteiger partial charge on any atom is -0.232 e. The second kappa shape index (κ2) is 5.37. The van der Waals surface area contributed by atoms with Gasteiger partial charge in [0.2, 0.25) is 0 Å². The summed E-state index contributed by atoms with van der Waals surface area (Å²) in [5, 5.41) is 0.576. The van der Waals surface area contributed by atoms with Crippen LogP contribution in [0.2, 0.25) is 5.15 Å². The van der Waals surface area contributed by atoms with Crippen LogP contribution in [0, 0.1) is 3.57 Å². The van der Waals surface area contributed by atoms with Gasteiger partial charge in [0, 0.05) is 11.5 Å². The summed E-state index contributed by atoms with van der Waals surface area (Å²) in [4.78, 5) is 9.13. The van der Waals surface area contributed by atoms with Crippen molar-refractivity contribution in [2.45, 2.75) is 32.1 Å². The molecular weight excluding hydrogens is 371 g/mol. The van der Waals surface area contributed by atoms with Crippen molar-refractivity contribution in [3.05, 3.63) is 44.2 Å². The van der Waals surface area contributed by atoms with Crippen LogP contribution in [0.25, 0.3) is 11.4 Å². The average Bonchev–Trinajstić information content (AvgIpc) is 3.26. The van der Waals surface area contributed by atoms with Crippen LogP contribution in [-0.2, 0) is 6.42 Å². The van der Waals surface area contributed by atoms with E-state index in [1.807, 2.05) is 0 Å². The number of halogens is 2. The molecule has 0 unspecified atom stereocenters. The Labute approximate surface area is 131 Å². The van der Waals surface area contributed by atoms with E-state index in [9.17, 15) is 0 Å². The van der Waals surface area contributed by atoms with Crippen molar-refractivity contribution in [2.24, 2.45) is 0 Å². The smallest absolute Gasteiger partial charge is 0.161 e. The maximum Gasteiger partial charge on any atom is 0.161 e. The van der Waals surface area contributed by atoms with E-state index in [0.717, 1.165) is 27.1 Å². The minimum absolute atomic E-state index is 0.576. The standard InChI is InChI=1S/C15H14ClIN2/c1-2-9-3-5-11(6-4-9)15-18-13(10-7-8-10)12(17)14(16)19-15/h3-6,10H,2,7-8H2,1H3. The molecule has 0 atom stereocenters. The third kappa shape index (κ3) is 2.77. The fourth-order valence-corrected chi connectivity index (χ4v) is 2.94. The highest BCUT2D eigenvalue weighted by atomic mass is 127. The Kier molecular flexibility index (Phi) is 3.76. The molecule has 2 aromatic rings. The summed E-state index contributed by atoms with van der Waals surface area (Å²) in [5.74, 6) is 1.33. The fraction of sp³-hybridized carbons (Fsp3) is 0.333. The predicted octanol–water partition coefficient (Wildman–Crippen LogP) is 4.84. The number of rotatable bonds is 3. The molecule has 1 aliphatic rings. The maximum atomic E-state index is 6.24. The van der Waals surface area contributed by atoms with Gasteiger partial charge in [0.1, 0.15) is 5.15 Å². The van der Waals surface area contributed by atoms with E-state index in [1.165, 1.54) is 18.4 Å². The van der Waals surface area contributed by atoms with E-state index >= 15 is 0 Å². The van der Waals surface area contributed by atoms with Crippen molar-refractivity contribution in [3.8, 4) is 11.4 Å². The monoisotopic (exact) mass is 384 g/mol. The highest BCUT2D eigenvalue weighted by molar-refractivity contribution is 14.1. The molecule has 2 nitrogen and oxygen atoms in total. The molecule has 4 heteroatoms. The molecule has 98 valence electrons. The van der Waals surface area contributed by atoms with E-state index < -0.39 is 0 Å². The molecule has 0 saturated heterocycles. The maximum absolute atomic E-state index is 6.24. The van der Waals surface area contributed by atoms with Gasteiger partial charge in [-0.2, -0.15) is 0 Å². The number of hydrogen-bond donors (Lipinski definition) is 0. The summed E-state index contributed by atoms with van der Waals surface area (Å²) < 4.78 is 1.01. The molecule has 0 spiro atoms. The van der Waals surface area contributed by atoms with Gasteiger partial charge >= 0.3 is 0 Å². The Balaban J connectivity index is 2.03. The third-order valence-electron chi connectivity index (χ3n) is 3.42. The lowest BCUT2D eigenvalue weighted by Crippen LogP contribution is -1.99. The highest BCUT2D eigenvalue weighted by Gasteiger charge is 2.29. The molecule has 0 N–H and O–H groups in total. The van der Waals surface area contributed by atoms with Crippen molar-refractivity contribution in [2.75, 3.05) is 0 Å². The Bertz CT molecular complexity index is 606. The van der Waals surface area contributed by atoms with Crippen molar-refractivity contribution >= 4 is 34.2 Å². The van der Waals surface area contributed by atoms with Gasteiger partial charge in [-0.15, -0.1) is 0 Å². The Morgan fingerprint density at radius 1 is 1.21 bits per heavy atom. The summed E-state index contributed by atoms with van der Waals surface area (Å²) in [7, 11) is 0. The van der Waals surface area contributed by atoms with E-state index in [0.29, 0.717) is 11.1 Å². The van der Waals surface area contributed by atoms with Crippen molar-refractivity contribution in [1.29, 1.82) is 0 Å². The van der Waals surface area contributed by atoms with Gasteiger partial charge in [-0.3, -0.25) is 0 Å². The van der Waals surface area contributed by atoms with Gasteiger partial charge in [0.05, 0.1) is 9.26 Å². The second-order valence-corrected chi connectivity index (χ2v) is 6.30. The Hall–Kier alpha value is -0.680. The topological polar surface area (TPSA) is 25.8 Å². The molecule has 0 bridgehead atoms. The molecule has 0 radical (unpaired) electrons. The van der Waals surface area contributed by atoms with Crippen LogP contribution in [0.1, 0.15) is 36.9 Å². The Morgan fingerprint density at radius 3 is 2.47 bits per heavy atom. The van der Waals surface area contributed by atoms with Crippen molar-refractivity contribution in [3.63, 3.8) is 0 Å². The number of aryl methyl sites for hydroxylation is 1. The predicted molar refractivity (Wildman–Crippen MR) is 86.5 cm³/mol. The van der Waals surface area contributed by atoms with Gasteiger partial charge in [-0.05, 0) is 47.4 Å². The molecule has 1 fully saturated rings. The van der Waals surface area contributed by atoms with Crippen LogP contribution in [0.4, 0.5) is 0 Å². The molecule has 1 aromatic heterocycles. The summed E-state index contributed by atoms with van der Waals surface area (Å²) in [6.45, 7) is 2.15. The SMILES string of the molecule is CCc1ccc(-c2nc(Cl)c(I)c(C3CC3)n2)cc1. The number of aromatic nitrogens is 2. The largest absolute Gasteiger partial charge is 0.232 e. The van der Waals surface area contributed by atoms with Crippen LogP contribution in [-0.4, -0.2) is 9.97 Å². The van der Waals surface area contributed by atoms with E-state index in [-0.39, 0.29) is 0 Å². The first kappa shape index (κ1) is 13.3. The van der Waals surface area contributed by atoms with E-state index in [4.69, 9.17) is 16.6 Å². The molecule has 1 saturated carbocycles. The first-order valence-electron chi connectivity index (χ1n) is 6.51. The minimum atomic E-state index is 0.576. The quantitative estimate of drug-likeness (QED) is 0.559. The van der Waals surface area contributed by atoms with Crippen LogP contribution in [0.5, 0.6) is 0 Å². The molecule has 1 aromatic carbocycles. The van der Waals surface area contributed by atoms with Gasteiger partial charge in [-0.1, -0.05) is 42.8 Å². The number of benzene rings is 1. The van der Waals surface area contributed by atoms with Crippen molar-refractivity contribution < 1.29 is 0 Å². The van der Waals surface area contributed by atoms with Crippen LogP contribution >= 0.6 is 34.2 Å². The molecule has 0 amide bonds. The summed E-state index contributed by atoms with van der Waals surface area (Å²) in [6.07, 6.45) is 3.48. The lowest BCUT2D eigenvalue weighted by atomic mass is 10.1. The molecule has 0 aliphatic heterocycles. The van der Waals surface area contributed by atoms with Crippen LogP contribution in [0.3, 0.4) is 0 Å². The van der Waals surface area contributed by atoms with Crippen molar-refractivity contribution in [1.82, 2.24) is 9.97 Å². The molecule has 19 heavy (non-hydrogen) atoms. The molecule has 1 heterocycles. The van der Waals surface area contributed by atoms with E-state index in [2.05, 4.69) is 58.8 Å². The zero-order valence-electron chi connectivity index (χ0n) is 10.7. The van der Waals surface area contributed by atoms with Gasteiger partial charge < -0.3 is 0 Å². The lowest BCUT2D eigenvalue weighted by molar-refractivity contribution is 0.978. The van der Waals surface area contributed by atoms with Crippen LogP contribution < -0.4 is 0 Å². The van der Waals surface area contributed by atoms with Gasteiger partial charge in [0.15, 0.2) is 5.82 Å². The third-order valence-corrected chi connectivity index (χ3v) is 5.08. The van der Waals surface area contributed by atoms with E-state index in [1.54, 1.807) is 0 Å². The first-order chi connectivity index (χ1) is 9.19. The zero-order chi connectivity index (χ0) is 13.4. The summed E-state index contributed by atoms with van der Waals surface area (Å²) >= 11 is 8.49. The molecule has 1 aliphatic carbocycles. The first-order valence-corrected chi connectivity index (χ1v) is 7.97. The number of nitrogens with zero attached hydrogens (tertiary/aromatic N) is 2. The lowest BCUT2D eigenvalue weighted by Gasteiger charge is -2.08. The fourth-order valence-electron chi connectivity index (χ4n) is 2.08. The summed E-state index contributed by atoms with van der Waals surface area (Å²) in [5.41, 5.74) is 3.48. The Morgan fingerprint density at radius 2 is 1.89 bits per heavy atom. The van der Waals surface area contributed by atoms with Crippen LogP contribution in [0.15, 0.2) is 24.3 Å².